The molecule has 21 heavy (non-hydrogen) atoms. The molecule has 0 radical (unpaired) electrons. The molecule has 2 aromatic rings. The quantitative estimate of drug-likeness (QED) is 0.784. The van der Waals surface area contributed by atoms with E-state index in [-0.39, 0.29) is 17.2 Å². The maximum atomic E-state index is 12.3. The molecule has 0 spiro atoms. The average molecular weight is 284 g/mol. The molecule has 5 heteroatoms. The van der Waals surface area contributed by atoms with E-state index in [9.17, 15) is 9.59 Å². The number of amides is 1. The third-order valence-electron chi connectivity index (χ3n) is 3.08. The number of rotatable bonds is 5. The first kappa shape index (κ1) is 14.7. The highest BCUT2D eigenvalue weighted by molar-refractivity contribution is 6.08. The number of anilines is 1. The van der Waals surface area contributed by atoms with Gasteiger partial charge in [0.2, 0.25) is 0 Å². The minimum absolute atomic E-state index is 0.0576. The number of carboxylic acid groups (broad SMARTS) is 1. The maximum absolute atomic E-state index is 12.3. The number of carbonyl (C=O) groups is 2. The molecule has 0 bridgehead atoms. The standard InChI is InChI=1S/C16H16N2O3/c17-10-9-11-5-1-2-6-12(11)15(19)18-14-8-4-3-7-13(14)16(20)21/h1-8H,9-10,17H2,(H,18,19)(H,20,21). The summed E-state index contributed by atoms with van der Waals surface area (Å²) in [6.45, 7) is 0.440. The van der Waals surface area contributed by atoms with Gasteiger partial charge in [-0.25, -0.2) is 4.79 Å². The molecule has 0 heterocycles. The summed E-state index contributed by atoms with van der Waals surface area (Å²) < 4.78 is 0. The van der Waals surface area contributed by atoms with Crippen LogP contribution in [0, 0.1) is 0 Å². The zero-order chi connectivity index (χ0) is 15.2. The van der Waals surface area contributed by atoms with Gasteiger partial charge >= 0.3 is 5.97 Å². The van der Waals surface area contributed by atoms with E-state index in [1.165, 1.54) is 6.07 Å². The second kappa shape index (κ2) is 6.67. The Morgan fingerprint density at radius 1 is 1.00 bits per heavy atom. The largest absolute Gasteiger partial charge is 0.478 e. The molecule has 0 aliphatic carbocycles. The predicted octanol–water partition coefficient (Wildman–Crippen LogP) is 2.14. The molecule has 5 nitrogen and oxygen atoms in total. The first-order valence-electron chi connectivity index (χ1n) is 6.55. The lowest BCUT2D eigenvalue weighted by atomic mass is 10.0. The lowest BCUT2D eigenvalue weighted by Gasteiger charge is -2.11. The molecule has 0 fully saturated rings. The molecule has 0 saturated carbocycles. The summed E-state index contributed by atoms with van der Waals surface area (Å²) >= 11 is 0. The van der Waals surface area contributed by atoms with E-state index in [1.54, 1.807) is 30.3 Å². The van der Waals surface area contributed by atoms with E-state index in [2.05, 4.69) is 5.32 Å². The number of para-hydroxylation sites is 1. The smallest absolute Gasteiger partial charge is 0.337 e. The van der Waals surface area contributed by atoms with Crippen LogP contribution in [-0.2, 0) is 6.42 Å². The lowest BCUT2D eigenvalue weighted by Crippen LogP contribution is -2.17. The normalized spacial score (nSPS) is 10.1. The summed E-state index contributed by atoms with van der Waals surface area (Å²) in [6.07, 6.45) is 0.587. The van der Waals surface area contributed by atoms with Crippen molar-refractivity contribution in [3.8, 4) is 0 Å². The van der Waals surface area contributed by atoms with Crippen molar-refractivity contribution >= 4 is 17.6 Å². The molecule has 2 rings (SSSR count). The van der Waals surface area contributed by atoms with Gasteiger partial charge in [-0.2, -0.15) is 0 Å². The summed E-state index contributed by atoms with van der Waals surface area (Å²) in [6, 6.07) is 13.4. The van der Waals surface area contributed by atoms with E-state index < -0.39 is 5.97 Å². The highest BCUT2D eigenvalue weighted by atomic mass is 16.4. The van der Waals surface area contributed by atoms with Crippen LogP contribution >= 0.6 is 0 Å². The monoisotopic (exact) mass is 284 g/mol. The Morgan fingerprint density at radius 2 is 1.62 bits per heavy atom. The summed E-state index contributed by atoms with van der Waals surface area (Å²) in [4.78, 5) is 23.5. The van der Waals surface area contributed by atoms with Gasteiger partial charge in [0.25, 0.3) is 5.91 Å². The summed E-state index contributed by atoms with van der Waals surface area (Å²) in [5.74, 6) is -1.42. The molecule has 0 aromatic heterocycles. The first-order valence-corrected chi connectivity index (χ1v) is 6.55. The molecule has 0 saturated heterocycles. The molecular formula is C16H16N2O3. The third-order valence-corrected chi connectivity index (χ3v) is 3.08. The Balaban J connectivity index is 2.29. The fraction of sp³-hybridized carbons (Fsp3) is 0.125. The van der Waals surface area contributed by atoms with Gasteiger partial charge in [-0.1, -0.05) is 30.3 Å². The zero-order valence-corrected chi connectivity index (χ0v) is 11.4. The SMILES string of the molecule is NCCc1ccccc1C(=O)Nc1ccccc1C(=O)O. The van der Waals surface area contributed by atoms with E-state index in [4.69, 9.17) is 10.8 Å². The number of benzene rings is 2. The van der Waals surface area contributed by atoms with Crippen molar-refractivity contribution in [1.82, 2.24) is 0 Å². The number of hydrogen-bond acceptors (Lipinski definition) is 3. The van der Waals surface area contributed by atoms with Crippen LogP contribution in [0.5, 0.6) is 0 Å². The van der Waals surface area contributed by atoms with Gasteiger partial charge < -0.3 is 16.2 Å². The van der Waals surface area contributed by atoms with Crippen LogP contribution in [0.3, 0.4) is 0 Å². The van der Waals surface area contributed by atoms with Crippen molar-refractivity contribution < 1.29 is 14.7 Å². The Kier molecular flexibility index (Phi) is 4.68. The van der Waals surface area contributed by atoms with Crippen LogP contribution in [0.1, 0.15) is 26.3 Å². The van der Waals surface area contributed by atoms with Gasteiger partial charge in [-0.15, -0.1) is 0 Å². The van der Waals surface area contributed by atoms with Crippen LogP contribution in [0.15, 0.2) is 48.5 Å². The van der Waals surface area contributed by atoms with Gasteiger partial charge in [0.15, 0.2) is 0 Å². The van der Waals surface area contributed by atoms with E-state index in [0.29, 0.717) is 18.5 Å². The topological polar surface area (TPSA) is 92.4 Å². The van der Waals surface area contributed by atoms with Crippen LogP contribution in [0.2, 0.25) is 0 Å². The lowest BCUT2D eigenvalue weighted by molar-refractivity contribution is 0.0698. The number of nitrogens with two attached hydrogens (primary N) is 1. The van der Waals surface area contributed by atoms with Crippen LogP contribution in [0.4, 0.5) is 5.69 Å². The van der Waals surface area contributed by atoms with Gasteiger partial charge in [0.05, 0.1) is 11.3 Å². The molecule has 108 valence electrons. The fourth-order valence-corrected chi connectivity index (χ4v) is 2.08. The van der Waals surface area contributed by atoms with Crippen LogP contribution in [-0.4, -0.2) is 23.5 Å². The van der Waals surface area contributed by atoms with Gasteiger partial charge in [-0.05, 0) is 36.7 Å². The highest BCUT2D eigenvalue weighted by Gasteiger charge is 2.14. The summed E-state index contributed by atoms with van der Waals surface area (Å²) in [5, 5.41) is 11.8. The second-order valence-electron chi connectivity index (χ2n) is 4.50. The minimum atomic E-state index is -1.08. The average Bonchev–Trinajstić information content (AvgIpc) is 2.48. The van der Waals surface area contributed by atoms with E-state index >= 15 is 0 Å². The first-order chi connectivity index (χ1) is 10.1. The van der Waals surface area contributed by atoms with Crippen molar-refractivity contribution in [1.29, 1.82) is 0 Å². The van der Waals surface area contributed by atoms with Gasteiger partial charge in [0, 0.05) is 5.56 Å². The molecule has 2 aromatic carbocycles. The highest BCUT2D eigenvalue weighted by Crippen LogP contribution is 2.17. The summed E-state index contributed by atoms with van der Waals surface area (Å²) in [5.41, 5.74) is 7.21. The van der Waals surface area contributed by atoms with Crippen molar-refractivity contribution in [2.24, 2.45) is 5.73 Å². The third kappa shape index (κ3) is 3.46. The Hall–Kier alpha value is -2.66. The molecular weight excluding hydrogens is 268 g/mol. The molecule has 0 aliphatic rings. The molecule has 1 amide bonds. The zero-order valence-electron chi connectivity index (χ0n) is 11.4. The minimum Gasteiger partial charge on any atom is -0.478 e. The van der Waals surface area contributed by atoms with E-state index in [0.717, 1.165) is 5.56 Å². The molecule has 0 aliphatic heterocycles. The number of carbonyl (C=O) groups excluding carboxylic acids is 1. The van der Waals surface area contributed by atoms with Gasteiger partial charge in [-0.3, -0.25) is 4.79 Å². The summed E-state index contributed by atoms with van der Waals surface area (Å²) in [7, 11) is 0. The molecule has 0 atom stereocenters. The van der Waals surface area contributed by atoms with Gasteiger partial charge in [0.1, 0.15) is 0 Å². The fourth-order valence-electron chi connectivity index (χ4n) is 2.08. The number of hydrogen-bond donors (Lipinski definition) is 3. The van der Waals surface area contributed by atoms with E-state index in [1.807, 2.05) is 12.1 Å². The van der Waals surface area contributed by atoms with Crippen molar-refractivity contribution in [3.63, 3.8) is 0 Å². The number of aromatic carboxylic acids is 1. The Labute approximate surface area is 122 Å². The van der Waals surface area contributed by atoms with Crippen molar-refractivity contribution in [2.45, 2.75) is 6.42 Å². The molecule has 4 N–H and O–H groups in total. The van der Waals surface area contributed by atoms with Crippen LogP contribution in [0.25, 0.3) is 0 Å². The number of carboxylic acids is 1. The molecule has 0 unspecified atom stereocenters. The Morgan fingerprint density at radius 3 is 2.29 bits per heavy atom. The van der Waals surface area contributed by atoms with Crippen molar-refractivity contribution in [3.05, 3.63) is 65.2 Å². The van der Waals surface area contributed by atoms with Crippen LogP contribution < -0.4 is 11.1 Å². The second-order valence-corrected chi connectivity index (χ2v) is 4.50. The Bertz CT molecular complexity index is 668. The van der Waals surface area contributed by atoms with Crippen molar-refractivity contribution in [2.75, 3.05) is 11.9 Å². The number of nitrogens with one attached hydrogen (secondary N) is 1. The predicted molar refractivity (Wildman–Crippen MR) is 80.6 cm³/mol. The maximum Gasteiger partial charge on any atom is 0.337 e.